The zero-order valence-electron chi connectivity index (χ0n) is 17.7. The number of fused-ring (bicyclic) bond motifs is 1. The summed E-state index contributed by atoms with van der Waals surface area (Å²) >= 11 is 1.18. The normalized spacial score (nSPS) is 17.8. The molecule has 4 rings (SSSR count). The van der Waals surface area contributed by atoms with E-state index in [-0.39, 0.29) is 23.4 Å². The van der Waals surface area contributed by atoms with Gasteiger partial charge in [-0.25, -0.2) is 0 Å². The Morgan fingerprint density at radius 2 is 1.97 bits per heavy atom. The Kier molecular flexibility index (Phi) is 6.70. The quantitative estimate of drug-likeness (QED) is 0.574. The van der Waals surface area contributed by atoms with Gasteiger partial charge in [-0.2, -0.15) is 5.26 Å². The second-order valence-corrected chi connectivity index (χ2v) is 9.12. The van der Waals surface area contributed by atoms with E-state index in [1.165, 1.54) is 11.3 Å². The number of aliphatic hydroxyl groups excluding tert-OH is 1. The SMILES string of the molecule is N#C[C@H](Cc1ccc(-c2ccc3c(c2)sc(=O)n3CCO)cc1)N1CCCCC1C(N)=O. The molecule has 1 saturated heterocycles. The molecule has 1 aliphatic heterocycles. The Morgan fingerprint density at radius 3 is 2.66 bits per heavy atom. The summed E-state index contributed by atoms with van der Waals surface area (Å²) in [5, 5.41) is 18.9. The molecule has 0 radical (unpaired) electrons. The van der Waals surface area contributed by atoms with Crippen molar-refractivity contribution < 1.29 is 9.90 Å². The molecule has 1 aliphatic rings. The Bertz CT molecular complexity index is 1210. The maximum atomic E-state index is 12.2. The van der Waals surface area contributed by atoms with Crippen molar-refractivity contribution in [1.82, 2.24) is 9.47 Å². The molecule has 2 heterocycles. The van der Waals surface area contributed by atoms with Gasteiger partial charge in [-0.15, -0.1) is 0 Å². The third-order valence-corrected chi connectivity index (χ3v) is 7.07. The number of aliphatic hydroxyl groups is 1. The number of amides is 1. The van der Waals surface area contributed by atoms with Crippen molar-refractivity contribution in [3.63, 3.8) is 0 Å². The second kappa shape index (κ2) is 9.65. The smallest absolute Gasteiger partial charge is 0.308 e. The van der Waals surface area contributed by atoms with Gasteiger partial charge in [-0.3, -0.25) is 19.1 Å². The van der Waals surface area contributed by atoms with Crippen LogP contribution in [0.15, 0.2) is 47.3 Å². The van der Waals surface area contributed by atoms with Crippen molar-refractivity contribution in [2.45, 2.75) is 44.3 Å². The summed E-state index contributed by atoms with van der Waals surface area (Å²) in [7, 11) is 0. The molecular formula is C24H26N4O3S. The summed E-state index contributed by atoms with van der Waals surface area (Å²) in [5.74, 6) is -0.356. The predicted octanol–water partition coefficient (Wildman–Crippen LogP) is 2.50. The standard InChI is InChI=1S/C24H26N4O3S/c25-15-19(27-10-2-1-3-21(27)23(26)30)13-16-4-6-17(7-5-16)18-8-9-20-22(14-18)32-24(31)28(20)11-12-29/h4-9,14,19,21,29H,1-3,10-13H2,(H2,26,30)/t19-,21?/m0/s1. The average Bonchev–Trinajstić information content (AvgIpc) is 3.12. The minimum Gasteiger partial charge on any atom is -0.395 e. The number of benzene rings is 2. The van der Waals surface area contributed by atoms with Gasteiger partial charge >= 0.3 is 4.87 Å². The van der Waals surface area contributed by atoms with Crippen LogP contribution in [0.5, 0.6) is 0 Å². The fraction of sp³-hybridized carbons (Fsp3) is 0.375. The molecule has 3 aromatic rings. The van der Waals surface area contributed by atoms with E-state index in [2.05, 4.69) is 6.07 Å². The first-order chi connectivity index (χ1) is 15.5. The van der Waals surface area contributed by atoms with Gasteiger partial charge in [0.25, 0.3) is 0 Å². The first-order valence-electron chi connectivity index (χ1n) is 10.8. The van der Waals surface area contributed by atoms with Gasteiger partial charge in [0, 0.05) is 13.0 Å². The number of hydrogen-bond donors (Lipinski definition) is 2. The molecule has 1 aromatic heterocycles. The van der Waals surface area contributed by atoms with E-state index >= 15 is 0 Å². The highest BCUT2D eigenvalue weighted by Gasteiger charge is 2.32. The van der Waals surface area contributed by atoms with Gasteiger partial charge < -0.3 is 10.8 Å². The van der Waals surface area contributed by atoms with Crippen molar-refractivity contribution in [3.8, 4) is 17.2 Å². The maximum absolute atomic E-state index is 12.2. The number of nitrogens with two attached hydrogens (primary N) is 1. The van der Waals surface area contributed by atoms with Gasteiger partial charge in [0.05, 0.1) is 35.5 Å². The number of nitrogens with zero attached hydrogens (tertiary/aromatic N) is 3. The minimum atomic E-state index is -0.390. The summed E-state index contributed by atoms with van der Waals surface area (Å²) in [6, 6.07) is 15.5. The Balaban J connectivity index is 1.53. The number of nitriles is 1. The van der Waals surface area contributed by atoms with E-state index in [1.54, 1.807) is 4.57 Å². The zero-order valence-corrected chi connectivity index (χ0v) is 18.6. The number of primary amides is 1. The molecule has 2 aromatic carbocycles. The molecule has 32 heavy (non-hydrogen) atoms. The van der Waals surface area contributed by atoms with Gasteiger partial charge in [-0.1, -0.05) is 48.1 Å². The lowest BCUT2D eigenvalue weighted by molar-refractivity contribution is -0.125. The second-order valence-electron chi connectivity index (χ2n) is 8.12. The monoisotopic (exact) mass is 450 g/mol. The van der Waals surface area contributed by atoms with Crippen LogP contribution in [-0.4, -0.2) is 45.7 Å². The molecule has 0 spiro atoms. The van der Waals surface area contributed by atoms with Crippen molar-refractivity contribution in [3.05, 3.63) is 57.7 Å². The fourth-order valence-corrected chi connectivity index (χ4v) is 5.44. The molecule has 1 amide bonds. The zero-order chi connectivity index (χ0) is 22.7. The summed E-state index contributed by atoms with van der Waals surface area (Å²) in [4.78, 5) is 25.9. The number of carbonyl (C=O) groups excluding carboxylic acids is 1. The molecule has 1 fully saturated rings. The topological polar surface area (TPSA) is 112 Å². The van der Waals surface area contributed by atoms with Crippen molar-refractivity contribution >= 4 is 27.5 Å². The van der Waals surface area contributed by atoms with Gasteiger partial charge in [-0.05, 0) is 41.7 Å². The Labute approximate surface area is 190 Å². The van der Waals surface area contributed by atoms with Crippen LogP contribution in [0.4, 0.5) is 0 Å². The summed E-state index contributed by atoms with van der Waals surface area (Å²) < 4.78 is 2.48. The Morgan fingerprint density at radius 1 is 1.22 bits per heavy atom. The van der Waals surface area contributed by atoms with E-state index in [0.29, 0.717) is 25.9 Å². The van der Waals surface area contributed by atoms with Crippen LogP contribution >= 0.6 is 11.3 Å². The number of thiazole rings is 1. The molecule has 8 heteroatoms. The molecule has 7 nitrogen and oxygen atoms in total. The minimum absolute atomic E-state index is 0.0731. The van der Waals surface area contributed by atoms with Crippen LogP contribution in [0, 0.1) is 11.3 Å². The molecule has 0 aliphatic carbocycles. The molecule has 0 saturated carbocycles. The van der Waals surface area contributed by atoms with E-state index in [0.717, 1.165) is 39.7 Å². The highest BCUT2D eigenvalue weighted by molar-refractivity contribution is 7.16. The van der Waals surface area contributed by atoms with Crippen molar-refractivity contribution in [1.29, 1.82) is 5.26 Å². The van der Waals surface area contributed by atoms with Crippen LogP contribution in [0.25, 0.3) is 21.3 Å². The molecule has 1 unspecified atom stereocenters. The van der Waals surface area contributed by atoms with Gasteiger partial charge in [0.1, 0.15) is 6.04 Å². The van der Waals surface area contributed by atoms with E-state index < -0.39 is 6.04 Å². The number of rotatable bonds is 7. The largest absolute Gasteiger partial charge is 0.395 e. The summed E-state index contributed by atoms with van der Waals surface area (Å²) in [5.41, 5.74) is 9.45. The van der Waals surface area contributed by atoms with Gasteiger partial charge in [0.15, 0.2) is 0 Å². The average molecular weight is 451 g/mol. The van der Waals surface area contributed by atoms with Crippen molar-refractivity contribution in [2.75, 3.05) is 13.2 Å². The van der Waals surface area contributed by atoms with Crippen LogP contribution in [0.2, 0.25) is 0 Å². The summed E-state index contributed by atoms with van der Waals surface area (Å²) in [6.45, 7) is 0.930. The molecular weight excluding hydrogens is 424 g/mol. The highest BCUT2D eigenvalue weighted by Crippen LogP contribution is 2.27. The van der Waals surface area contributed by atoms with E-state index in [9.17, 15) is 20.0 Å². The highest BCUT2D eigenvalue weighted by atomic mass is 32.1. The first kappa shape index (κ1) is 22.2. The van der Waals surface area contributed by atoms with E-state index in [1.807, 2.05) is 47.4 Å². The number of hydrogen-bond acceptors (Lipinski definition) is 6. The number of piperidine rings is 1. The van der Waals surface area contributed by atoms with Crippen LogP contribution in [0.1, 0.15) is 24.8 Å². The summed E-state index contributed by atoms with van der Waals surface area (Å²) in [6.07, 6.45) is 3.17. The van der Waals surface area contributed by atoms with Gasteiger partial charge in [0.2, 0.25) is 5.91 Å². The van der Waals surface area contributed by atoms with Crippen LogP contribution < -0.4 is 10.6 Å². The lowest BCUT2D eigenvalue weighted by Crippen LogP contribution is -2.52. The first-order valence-corrected chi connectivity index (χ1v) is 11.6. The fourth-order valence-electron chi connectivity index (χ4n) is 4.48. The Hall–Kier alpha value is -2.99. The molecule has 166 valence electrons. The third-order valence-electron chi connectivity index (χ3n) is 6.13. The number of likely N-dealkylation sites (tertiary alicyclic amines) is 1. The molecule has 3 N–H and O–H groups in total. The lowest BCUT2D eigenvalue weighted by Gasteiger charge is -2.36. The van der Waals surface area contributed by atoms with Crippen molar-refractivity contribution in [2.24, 2.45) is 5.73 Å². The maximum Gasteiger partial charge on any atom is 0.308 e. The molecule has 0 bridgehead atoms. The molecule has 2 atom stereocenters. The number of aromatic nitrogens is 1. The third kappa shape index (κ3) is 4.46. The van der Waals surface area contributed by atoms with Crippen LogP contribution in [0.3, 0.4) is 0 Å². The lowest BCUT2D eigenvalue weighted by atomic mass is 9.95. The number of carbonyl (C=O) groups is 1. The van der Waals surface area contributed by atoms with E-state index in [4.69, 9.17) is 5.73 Å². The predicted molar refractivity (Wildman–Crippen MR) is 125 cm³/mol. The van der Waals surface area contributed by atoms with Crippen LogP contribution in [-0.2, 0) is 17.8 Å².